The first-order chi connectivity index (χ1) is 20.2. The van der Waals surface area contributed by atoms with Crippen LogP contribution in [-0.4, -0.2) is 54.2 Å². The molecule has 9 nitrogen and oxygen atoms in total. The highest BCUT2D eigenvalue weighted by Crippen LogP contribution is 2.26. The molecule has 0 saturated heterocycles. The van der Waals surface area contributed by atoms with E-state index in [1.807, 2.05) is 0 Å². The normalized spacial score (nSPS) is 13.0. The summed E-state index contributed by atoms with van der Waals surface area (Å²) in [6.45, 7) is 3.46. The van der Waals surface area contributed by atoms with Gasteiger partial charge >= 0.3 is 5.97 Å². The summed E-state index contributed by atoms with van der Waals surface area (Å²) < 4.78 is 71.5. The molecule has 3 rings (SSSR count). The van der Waals surface area contributed by atoms with Gasteiger partial charge in [0.15, 0.2) is 23.2 Å². The number of halogens is 5. The molecular formula is C29H29ClF4N2O7. The average molecular weight is 629 g/mol. The van der Waals surface area contributed by atoms with Crippen molar-refractivity contribution in [2.45, 2.75) is 51.3 Å². The predicted octanol–water partition coefficient (Wildman–Crippen LogP) is 4.65. The fourth-order valence-electron chi connectivity index (χ4n) is 4.31. The third-order valence-corrected chi connectivity index (χ3v) is 6.54. The minimum atomic E-state index is -1.88. The highest BCUT2D eigenvalue weighted by atomic mass is 35.5. The second-order valence-electron chi connectivity index (χ2n) is 10.2. The average Bonchev–Trinajstić information content (AvgIpc) is 2.93. The van der Waals surface area contributed by atoms with Crippen LogP contribution >= 0.6 is 11.6 Å². The van der Waals surface area contributed by atoms with Gasteiger partial charge in [-0.15, -0.1) is 0 Å². The highest BCUT2D eigenvalue weighted by molar-refractivity contribution is 6.31. The fraction of sp³-hybridized carbons (Fsp3) is 0.379. The van der Waals surface area contributed by atoms with Crippen LogP contribution in [-0.2, 0) is 23.9 Å². The van der Waals surface area contributed by atoms with E-state index in [1.54, 1.807) is 25.1 Å². The number of aromatic nitrogens is 1. The van der Waals surface area contributed by atoms with Crippen molar-refractivity contribution in [1.29, 1.82) is 0 Å². The number of hydrogen-bond acceptors (Lipinski definition) is 7. The molecule has 1 N–H and O–H groups in total. The molecule has 14 heteroatoms. The monoisotopic (exact) mass is 628 g/mol. The van der Waals surface area contributed by atoms with Crippen molar-refractivity contribution in [3.8, 4) is 5.75 Å². The van der Waals surface area contributed by atoms with Gasteiger partial charge in [-0.2, -0.15) is 8.78 Å². The molecule has 1 amide bonds. The van der Waals surface area contributed by atoms with Crippen LogP contribution in [0, 0.1) is 23.3 Å². The molecule has 0 fully saturated rings. The van der Waals surface area contributed by atoms with Gasteiger partial charge in [0.1, 0.15) is 24.3 Å². The topological polar surface area (TPSA) is 113 Å². The van der Waals surface area contributed by atoms with Crippen molar-refractivity contribution in [2.24, 2.45) is 0 Å². The minimum Gasteiger partial charge on any atom is -0.479 e. The molecule has 0 aliphatic rings. The number of carbonyl (C=O) groups excluding carboxylic acids is 3. The lowest BCUT2D eigenvalue weighted by Gasteiger charge is -2.26. The maximum Gasteiger partial charge on any atom is 0.308 e. The molecule has 0 bridgehead atoms. The number of esters is 1. The van der Waals surface area contributed by atoms with Crippen molar-refractivity contribution in [3.63, 3.8) is 0 Å². The van der Waals surface area contributed by atoms with Crippen molar-refractivity contribution in [1.82, 2.24) is 9.88 Å². The number of methoxy groups -OCH3 is 1. The van der Waals surface area contributed by atoms with E-state index in [4.69, 9.17) is 25.8 Å². The Labute approximate surface area is 248 Å². The molecule has 232 valence electrons. The van der Waals surface area contributed by atoms with Crippen LogP contribution in [0.25, 0.3) is 10.8 Å². The molecule has 1 aromatic heterocycles. The zero-order valence-corrected chi connectivity index (χ0v) is 24.4. The number of ketones is 1. The third-order valence-electron chi connectivity index (χ3n) is 6.31. The van der Waals surface area contributed by atoms with E-state index in [2.05, 4.69) is 5.32 Å². The second-order valence-corrected chi connectivity index (χ2v) is 10.6. The summed E-state index contributed by atoms with van der Waals surface area (Å²) >= 11 is 6.03. The molecule has 0 saturated carbocycles. The second kappa shape index (κ2) is 14.0. The molecule has 2 atom stereocenters. The number of nitrogens with zero attached hydrogens (tertiary/aromatic N) is 1. The van der Waals surface area contributed by atoms with Gasteiger partial charge in [0.05, 0.1) is 13.0 Å². The van der Waals surface area contributed by atoms with Gasteiger partial charge in [0.2, 0.25) is 17.5 Å². The van der Waals surface area contributed by atoms with Gasteiger partial charge in [0, 0.05) is 29.8 Å². The minimum absolute atomic E-state index is 0.0106. The highest BCUT2D eigenvalue weighted by Gasteiger charge is 2.32. The van der Waals surface area contributed by atoms with Gasteiger partial charge < -0.3 is 24.1 Å². The number of rotatable bonds is 13. The molecule has 0 radical (unpaired) electrons. The Balaban J connectivity index is 1.90. The maximum atomic E-state index is 14.1. The van der Waals surface area contributed by atoms with E-state index < -0.39 is 82.9 Å². The van der Waals surface area contributed by atoms with Crippen molar-refractivity contribution in [2.75, 3.05) is 20.3 Å². The summed E-state index contributed by atoms with van der Waals surface area (Å²) in [6, 6.07) is 3.37. The van der Waals surface area contributed by atoms with Crippen molar-refractivity contribution in [3.05, 3.63) is 75.2 Å². The van der Waals surface area contributed by atoms with Crippen LogP contribution in [0.1, 0.15) is 39.7 Å². The van der Waals surface area contributed by atoms with Gasteiger partial charge in [-0.05, 0) is 43.9 Å². The van der Waals surface area contributed by atoms with Crippen LogP contribution in [0.5, 0.6) is 5.75 Å². The summed E-state index contributed by atoms with van der Waals surface area (Å²) in [5.74, 6) is -11.7. The Kier molecular flexibility index (Phi) is 10.9. The quantitative estimate of drug-likeness (QED) is 0.167. The van der Waals surface area contributed by atoms with Crippen LogP contribution in [0.15, 0.2) is 41.3 Å². The molecule has 1 heterocycles. The number of pyridine rings is 1. The number of Topliss-reactive ketones (excluding diaryl/α,β-unsaturated/α-hetero) is 1. The van der Waals surface area contributed by atoms with Crippen molar-refractivity contribution < 1.29 is 46.2 Å². The molecule has 2 aromatic carbocycles. The summed E-state index contributed by atoms with van der Waals surface area (Å²) in [5.41, 5.74) is -1.68. The number of benzene rings is 2. The summed E-state index contributed by atoms with van der Waals surface area (Å²) in [4.78, 5) is 52.4. The lowest BCUT2D eigenvalue weighted by molar-refractivity contribution is -0.162. The number of nitrogens with one attached hydrogen (secondary N) is 1. The summed E-state index contributed by atoms with van der Waals surface area (Å²) in [6.07, 6.45) is 0.694. The molecule has 1 unspecified atom stereocenters. The van der Waals surface area contributed by atoms with Gasteiger partial charge in [0.25, 0.3) is 5.56 Å². The van der Waals surface area contributed by atoms with Crippen LogP contribution in [0.3, 0.4) is 0 Å². The standard InChI is InChI=1S/C29H29ClF4N2O7/c1-5-21(36-9-8-15-6-7-16(30)10-17(15)28(36)40)27(39)35-20(12-23(38)43-29(2,3)14-41-4)22(37)13-42-26-24(33)18(31)11-19(32)25(26)34/h6-11,20-21H,5,12-14H2,1-4H3,(H,35,39)/t20?,21-/m0/s1. The number of amides is 1. The third kappa shape index (κ3) is 8.11. The van der Waals surface area contributed by atoms with E-state index in [1.165, 1.54) is 33.2 Å². The Morgan fingerprint density at radius 1 is 1.05 bits per heavy atom. The van der Waals surface area contributed by atoms with Crippen molar-refractivity contribution >= 4 is 40.0 Å². The molecule has 43 heavy (non-hydrogen) atoms. The molecule has 0 spiro atoms. The first-order valence-corrected chi connectivity index (χ1v) is 13.4. The van der Waals surface area contributed by atoms with E-state index in [0.717, 1.165) is 4.57 Å². The summed E-state index contributed by atoms with van der Waals surface area (Å²) in [7, 11) is 1.38. The molecule has 0 aliphatic carbocycles. The Bertz CT molecular complexity index is 1570. The maximum absolute atomic E-state index is 14.1. The lowest BCUT2D eigenvalue weighted by atomic mass is 10.1. The largest absolute Gasteiger partial charge is 0.479 e. The zero-order valence-electron chi connectivity index (χ0n) is 23.6. The van der Waals surface area contributed by atoms with E-state index in [0.29, 0.717) is 10.4 Å². The molecule has 3 aromatic rings. The van der Waals surface area contributed by atoms with Gasteiger partial charge in [-0.1, -0.05) is 24.6 Å². The number of ether oxygens (including phenoxy) is 3. The zero-order chi connectivity index (χ0) is 32.1. The first kappa shape index (κ1) is 33.5. The lowest BCUT2D eigenvalue weighted by Crippen LogP contribution is -2.48. The van der Waals surface area contributed by atoms with Gasteiger partial charge in [-0.25, -0.2) is 8.78 Å². The Morgan fingerprint density at radius 2 is 1.70 bits per heavy atom. The number of hydrogen-bond donors (Lipinski definition) is 1. The van der Waals surface area contributed by atoms with E-state index in [-0.39, 0.29) is 24.5 Å². The van der Waals surface area contributed by atoms with Crippen LogP contribution in [0.2, 0.25) is 5.02 Å². The summed E-state index contributed by atoms with van der Waals surface area (Å²) in [5, 5.41) is 3.47. The smallest absolute Gasteiger partial charge is 0.308 e. The number of fused-ring (bicyclic) bond motifs is 1. The van der Waals surface area contributed by atoms with Crippen LogP contribution in [0.4, 0.5) is 17.6 Å². The predicted molar refractivity (Wildman–Crippen MR) is 148 cm³/mol. The SMILES string of the molecule is CC[C@@H](C(=O)NC(CC(=O)OC(C)(C)COC)C(=O)COc1c(F)c(F)cc(F)c1F)n1ccc2ccc(Cl)cc2c1=O. The first-order valence-electron chi connectivity index (χ1n) is 13.0. The van der Waals surface area contributed by atoms with Gasteiger partial charge in [-0.3, -0.25) is 19.2 Å². The number of carbonyl (C=O) groups is 3. The Hall–Kier alpha value is -3.97. The molecular weight excluding hydrogens is 600 g/mol. The Morgan fingerprint density at radius 3 is 2.30 bits per heavy atom. The van der Waals surface area contributed by atoms with E-state index in [9.17, 15) is 36.7 Å². The fourth-order valence-corrected chi connectivity index (χ4v) is 4.48. The molecule has 0 aliphatic heterocycles. The van der Waals surface area contributed by atoms with E-state index >= 15 is 0 Å². The van der Waals surface area contributed by atoms with Crippen LogP contribution < -0.4 is 15.6 Å².